The van der Waals surface area contributed by atoms with Gasteiger partial charge in [0.15, 0.2) is 0 Å². The smallest absolute Gasteiger partial charge is 0.407 e. The van der Waals surface area contributed by atoms with Crippen LogP contribution in [0, 0.1) is 5.92 Å². The number of methoxy groups -OCH3 is 1. The van der Waals surface area contributed by atoms with Gasteiger partial charge in [0.05, 0.1) is 7.11 Å². The number of carbonyl (C=O) groups excluding carboxylic acids is 2. The van der Waals surface area contributed by atoms with E-state index in [0.29, 0.717) is 13.0 Å². The molecule has 1 saturated heterocycles. The summed E-state index contributed by atoms with van der Waals surface area (Å²) in [6, 6.07) is 7.84. The number of benzene rings is 1. The molecular formula is C22H35N3O3. The molecule has 2 amide bonds. The van der Waals surface area contributed by atoms with Gasteiger partial charge in [-0.15, -0.1) is 0 Å². The van der Waals surface area contributed by atoms with Crippen molar-refractivity contribution in [1.82, 2.24) is 15.5 Å². The highest BCUT2D eigenvalue weighted by atomic mass is 16.5. The Morgan fingerprint density at radius 1 is 1.04 bits per heavy atom. The monoisotopic (exact) mass is 389 g/mol. The molecule has 2 N–H and O–H groups in total. The summed E-state index contributed by atoms with van der Waals surface area (Å²) in [6.45, 7) is 7.83. The molecule has 0 spiro atoms. The Bertz CT molecular complexity index is 608. The van der Waals surface area contributed by atoms with Crippen molar-refractivity contribution in [3.05, 3.63) is 35.4 Å². The van der Waals surface area contributed by atoms with Crippen molar-refractivity contribution in [3.8, 4) is 0 Å². The Kier molecular flexibility index (Phi) is 9.28. The molecule has 1 aromatic rings. The van der Waals surface area contributed by atoms with Gasteiger partial charge in [-0.2, -0.15) is 0 Å². The number of ether oxygens (including phenoxy) is 1. The van der Waals surface area contributed by atoms with Gasteiger partial charge in [-0.05, 0) is 49.4 Å². The molecular weight excluding hydrogens is 354 g/mol. The van der Waals surface area contributed by atoms with Crippen LogP contribution in [0.1, 0.15) is 57.1 Å². The first-order chi connectivity index (χ1) is 13.5. The molecule has 0 aliphatic carbocycles. The van der Waals surface area contributed by atoms with E-state index in [4.69, 9.17) is 0 Å². The van der Waals surface area contributed by atoms with E-state index in [1.807, 2.05) is 13.8 Å². The van der Waals surface area contributed by atoms with Gasteiger partial charge in [-0.25, -0.2) is 4.79 Å². The van der Waals surface area contributed by atoms with E-state index in [1.54, 1.807) is 0 Å². The molecule has 156 valence electrons. The number of nitrogens with zero attached hydrogens (tertiary/aromatic N) is 1. The normalized spacial score (nSPS) is 16.3. The summed E-state index contributed by atoms with van der Waals surface area (Å²) in [4.78, 5) is 26.5. The molecule has 0 aromatic heterocycles. The molecule has 1 atom stereocenters. The third-order valence-corrected chi connectivity index (χ3v) is 5.10. The van der Waals surface area contributed by atoms with Gasteiger partial charge in [-0.3, -0.25) is 9.69 Å². The van der Waals surface area contributed by atoms with Gasteiger partial charge >= 0.3 is 6.09 Å². The van der Waals surface area contributed by atoms with Crippen molar-refractivity contribution in [2.45, 2.75) is 65.1 Å². The number of alkyl carbamates (subject to hydrolysis) is 1. The molecule has 6 heteroatoms. The van der Waals surface area contributed by atoms with Gasteiger partial charge in [0.2, 0.25) is 5.91 Å². The molecule has 0 radical (unpaired) electrons. The summed E-state index contributed by atoms with van der Waals surface area (Å²) in [5.74, 6) is 0.0962. The number of carbonyl (C=O) groups is 2. The van der Waals surface area contributed by atoms with Crippen LogP contribution in [0.3, 0.4) is 0 Å². The summed E-state index contributed by atoms with van der Waals surface area (Å²) in [7, 11) is 1.30. The third kappa shape index (κ3) is 7.89. The fraction of sp³-hybridized carbons (Fsp3) is 0.636. The summed E-state index contributed by atoms with van der Waals surface area (Å²) in [5, 5.41) is 5.54. The first-order valence-corrected chi connectivity index (χ1v) is 10.4. The lowest BCUT2D eigenvalue weighted by atomic mass is 10.0. The molecule has 2 rings (SSSR count). The number of likely N-dealkylation sites (tertiary alicyclic amines) is 1. The van der Waals surface area contributed by atoms with E-state index in [9.17, 15) is 9.59 Å². The number of hydrogen-bond acceptors (Lipinski definition) is 4. The summed E-state index contributed by atoms with van der Waals surface area (Å²) >= 11 is 0. The number of amides is 2. The van der Waals surface area contributed by atoms with Gasteiger partial charge < -0.3 is 15.4 Å². The molecule has 6 nitrogen and oxygen atoms in total. The Hall–Kier alpha value is -2.08. The van der Waals surface area contributed by atoms with Crippen LogP contribution in [0.2, 0.25) is 0 Å². The third-order valence-electron chi connectivity index (χ3n) is 5.10. The molecule has 0 unspecified atom stereocenters. The van der Waals surface area contributed by atoms with E-state index in [0.717, 1.165) is 12.1 Å². The van der Waals surface area contributed by atoms with Crippen LogP contribution in [0.15, 0.2) is 24.3 Å². The molecule has 1 heterocycles. The Balaban J connectivity index is 1.84. The second-order valence-electron chi connectivity index (χ2n) is 8.04. The topological polar surface area (TPSA) is 70.7 Å². The first kappa shape index (κ1) is 22.2. The average molecular weight is 390 g/mol. The first-order valence-electron chi connectivity index (χ1n) is 10.4. The maximum Gasteiger partial charge on any atom is 0.407 e. The average Bonchev–Trinajstić information content (AvgIpc) is 2.95. The van der Waals surface area contributed by atoms with Crippen LogP contribution in [0.4, 0.5) is 4.79 Å². The van der Waals surface area contributed by atoms with Crippen molar-refractivity contribution < 1.29 is 14.3 Å². The lowest BCUT2D eigenvalue weighted by Gasteiger charge is -2.20. The number of rotatable bonds is 8. The van der Waals surface area contributed by atoms with Gasteiger partial charge in [0.1, 0.15) is 6.04 Å². The minimum atomic E-state index is -0.588. The summed E-state index contributed by atoms with van der Waals surface area (Å²) in [5.41, 5.74) is 2.36. The van der Waals surface area contributed by atoms with E-state index in [1.165, 1.54) is 51.4 Å². The van der Waals surface area contributed by atoms with E-state index < -0.39 is 12.1 Å². The minimum Gasteiger partial charge on any atom is -0.453 e. The van der Waals surface area contributed by atoms with Crippen molar-refractivity contribution >= 4 is 12.0 Å². The summed E-state index contributed by atoms with van der Waals surface area (Å²) in [6.07, 6.45) is 5.26. The van der Waals surface area contributed by atoms with Crippen molar-refractivity contribution in [3.63, 3.8) is 0 Å². The van der Waals surface area contributed by atoms with E-state index in [2.05, 4.69) is 44.5 Å². The van der Waals surface area contributed by atoms with E-state index in [-0.39, 0.29) is 11.8 Å². The van der Waals surface area contributed by atoms with Crippen LogP contribution in [0.25, 0.3) is 0 Å². The molecule has 0 saturated carbocycles. The van der Waals surface area contributed by atoms with E-state index >= 15 is 0 Å². The molecule has 1 aromatic carbocycles. The quantitative estimate of drug-likeness (QED) is 0.714. The van der Waals surface area contributed by atoms with Crippen molar-refractivity contribution in [2.24, 2.45) is 5.92 Å². The van der Waals surface area contributed by atoms with Crippen LogP contribution in [-0.4, -0.2) is 43.1 Å². The van der Waals surface area contributed by atoms with Crippen LogP contribution < -0.4 is 10.6 Å². The van der Waals surface area contributed by atoms with Gasteiger partial charge in [-0.1, -0.05) is 51.0 Å². The number of nitrogens with one attached hydrogen (secondary N) is 2. The molecule has 1 aliphatic rings. The SMILES string of the molecule is COC(=O)N[C@H](CC(C)C)C(=O)NCc1ccc(CN2CCCCCC2)cc1. The highest BCUT2D eigenvalue weighted by Crippen LogP contribution is 2.14. The largest absolute Gasteiger partial charge is 0.453 e. The standard InChI is InChI=1S/C22H35N3O3/c1-17(2)14-20(24-22(27)28-3)21(26)23-15-18-8-10-19(11-9-18)16-25-12-6-4-5-7-13-25/h8-11,17,20H,4-7,12-16H2,1-3H3,(H,23,26)(H,24,27)/t20-/m1/s1. The highest BCUT2D eigenvalue weighted by molar-refractivity contribution is 5.85. The van der Waals surface area contributed by atoms with Crippen molar-refractivity contribution in [1.29, 1.82) is 0 Å². The van der Waals surface area contributed by atoms with Crippen LogP contribution >= 0.6 is 0 Å². The maximum atomic E-state index is 12.5. The molecule has 1 aliphatic heterocycles. The Labute approximate surface area is 169 Å². The van der Waals surface area contributed by atoms with Crippen LogP contribution in [-0.2, 0) is 22.6 Å². The summed E-state index contributed by atoms with van der Waals surface area (Å²) < 4.78 is 4.62. The zero-order valence-electron chi connectivity index (χ0n) is 17.5. The second kappa shape index (κ2) is 11.7. The molecule has 0 bridgehead atoms. The number of hydrogen-bond donors (Lipinski definition) is 2. The van der Waals surface area contributed by atoms with Crippen LogP contribution in [0.5, 0.6) is 0 Å². The lowest BCUT2D eigenvalue weighted by Crippen LogP contribution is -2.47. The Morgan fingerprint density at radius 3 is 2.21 bits per heavy atom. The highest BCUT2D eigenvalue weighted by Gasteiger charge is 2.22. The predicted molar refractivity (Wildman–Crippen MR) is 111 cm³/mol. The zero-order valence-corrected chi connectivity index (χ0v) is 17.5. The van der Waals surface area contributed by atoms with Gasteiger partial charge in [0, 0.05) is 13.1 Å². The molecule has 1 fully saturated rings. The maximum absolute atomic E-state index is 12.5. The van der Waals surface area contributed by atoms with Gasteiger partial charge in [0.25, 0.3) is 0 Å². The second-order valence-corrected chi connectivity index (χ2v) is 8.04. The lowest BCUT2D eigenvalue weighted by molar-refractivity contribution is -0.123. The van der Waals surface area contributed by atoms with Crippen molar-refractivity contribution in [2.75, 3.05) is 20.2 Å². The zero-order chi connectivity index (χ0) is 20.4. The predicted octanol–water partition coefficient (Wildman–Crippen LogP) is 3.45. The molecule has 28 heavy (non-hydrogen) atoms. The minimum absolute atomic E-state index is 0.187. The fourth-order valence-corrected chi connectivity index (χ4v) is 3.53. The fourth-order valence-electron chi connectivity index (χ4n) is 3.53. The Morgan fingerprint density at radius 2 is 1.64 bits per heavy atom.